The van der Waals surface area contributed by atoms with Gasteiger partial charge in [0, 0.05) is 16.3 Å². The Labute approximate surface area is 119 Å². The first kappa shape index (κ1) is 13.8. The second-order valence-corrected chi connectivity index (χ2v) is 5.61. The Balaban J connectivity index is 1.88. The predicted octanol–water partition coefficient (Wildman–Crippen LogP) is 3.92. The zero-order chi connectivity index (χ0) is 13.7. The molecule has 0 aromatic heterocycles. The van der Waals surface area contributed by atoms with Crippen molar-refractivity contribution in [1.82, 2.24) is 0 Å². The second-order valence-electron chi connectivity index (χ2n) is 4.47. The zero-order valence-corrected chi connectivity index (χ0v) is 12.2. The number of anilines is 1. The molecule has 0 heterocycles. The van der Waals surface area contributed by atoms with Crippen LogP contribution in [0.3, 0.4) is 0 Å². The Morgan fingerprint density at radius 1 is 1.11 bits per heavy atom. The van der Waals surface area contributed by atoms with E-state index in [2.05, 4.69) is 25.1 Å². The van der Waals surface area contributed by atoms with Gasteiger partial charge >= 0.3 is 0 Å². The van der Waals surface area contributed by atoms with E-state index in [9.17, 15) is 0 Å². The fraction of sp³-hybridized carbons (Fsp3) is 0.250. The van der Waals surface area contributed by atoms with Crippen LogP contribution in [0.25, 0.3) is 0 Å². The van der Waals surface area contributed by atoms with Gasteiger partial charge in [-0.25, -0.2) is 0 Å². The fourth-order valence-electron chi connectivity index (χ4n) is 1.91. The summed E-state index contributed by atoms with van der Waals surface area (Å²) in [5.41, 5.74) is 9.17. The number of aryl methyl sites for hydroxylation is 2. The van der Waals surface area contributed by atoms with E-state index >= 15 is 0 Å². The Hall–Kier alpha value is -1.61. The molecule has 0 amide bonds. The number of nitrogens with two attached hydrogens (primary N) is 1. The summed E-state index contributed by atoms with van der Waals surface area (Å²) in [6.07, 6.45) is 1.05. The third-order valence-corrected chi connectivity index (χ3v) is 4.18. The summed E-state index contributed by atoms with van der Waals surface area (Å²) in [5.74, 6) is 1.97. The van der Waals surface area contributed by atoms with Crippen molar-refractivity contribution in [2.45, 2.75) is 18.2 Å². The highest BCUT2D eigenvalue weighted by molar-refractivity contribution is 7.99. The predicted molar refractivity (Wildman–Crippen MR) is 83.0 cm³/mol. The van der Waals surface area contributed by atoms with Crippen molar-refractivity contribution >= 4 is 17.4 Å². The number of nitrogen functional groups attached to an aromatic ring is 1. The highest BCUT2D eigenvalue weighted by Gasteiger charge is 2.00. The first-order valence-electron chi connectivity index (χ1n) is 6.31. The third-order valence-electron chi connectivity index (χ3n) is 3.01. The Kier molecular flexibility index (Phi) is 4.74. The quantitative estimate of drug-likeness (QED) is 0.662. The van der Waals surface area contributed by atoms with Gasteiger partial charge in [-0.05, 0) is 54.8 Å². The summed E-state index contributed by atoms with van der Waals surface area (Å²) in [6, 6.07) is 14.3. The second kappa shape index (κ2) is 6.53. The average Bonchev–Trinajstić information content (AvgIpc) is 2.42. The number of thioether (sulfide) groups is 1. The molecule has 0 atom stereocenters. The molecule has 0 aliphatic heterocycles. The van der Waals surface area contributed by atoms with Gasteiger partial charge in [-0.1, -0.05) is 12.1 Å². The van der Waals surface area contributed by atoms with Crippen molar-refractivity contribution in [2.75, 3.05) is 18.6 Å². The van der Waals surface area contributed by atoms with Gasteiger partial charge in [0.1, 0.15) is 5.75 Å². The monoisotopic (exact) mass is 273 g/mol. The molecule has 2 rings (SSSR count). The van der Waals surface area contributed by atoms with Gasteiger partial charge in [0.25, 0.3) is 0 Å². The van der Waals surface area contributed by atoms with E-state index in [4.69, 9.17) is 10.5 Å². The van der Waals surface area contributed by atoms with Crippen LogP contribution in [0, 0.1) is 6.92 Å². The van der Waals surface area contributed by atoms with E-state index < -0.39 is 0 Å². The normalized spacial score (nSPS) is 10.4. The van der Waals surface area contributed by atoms with Crippen LogP contribution in [-0.4, -0.2) is 12.9 Å². The Morgan fingerprint density at radius 2 is 1.84 bits per heavy atom. The lowest BCUT2D eigenvalue weighted by molar-refractivity contribution is 0.414. The van der Waals surface area contributed by atoms with Crippen molar-refractivity contribution < 1.29 is 4.74 Å². The van der Waals surface area contributed by atoms with Gasteiger partial charge in [-0.15, -0.1) is 11.8 Å². The first-order chi connectivity index (χ1) is 9.19. The van der Waals surface area contributed by atoms with Crippen molar-refractivity contribution in [3.63, 3.8) is 0 Å². The van der Waals surface area contributed by atoms with E-state index in [-0.39, 0.29) is 0 Å². The summed E-state index contributed by atoms with van der Waals surface area (Å²) in [7, 11) is 1.69. The van der Waals surface area contributed by atoms with Crippen LogP contribution in [0.4, 0.5) is 5.69 Å². The molecule has 0 fully saturated rings. The van der Waals surface area contributed by atoms with Crippen molar-refractivity contribution in [1.29, 1.82) is 0 Å². The maximum Gasteiger partial charge on any atom is 0.118 e. The molecule has 0 saturated heterocycles. The van der Waals surface area contributed by atoms with Gasteiger partial charge in [-0.3, -0.25) is 0 Å². The van der Waals surface area contributed by atoms with E-state index in [1.807, 2.05) is 36.0 Å². The molecule has 100 valence electrons. The van der Waals surface area contributed by atoms with Crippen molar-refractivity contribution in [3.8, 4) is 5.75 Å². The van der Waals surface area contributed by atoms with Gasteiger partial charge in [0.05, 0.1) is 7.11 Å². The van der Waals surface area contributed by atoms with Crippen LogP contribution in [-0.2, 0) is 6.42 Å². The zero-order valence-electron chi connectivity index (χ0n) is 11.3. The fourth-order valence-corrected chi connectivity index (χ4v) is 2.91. The summed E-state index contributed by atoms with van der Waals surface area (Å²) in [5, 5.41) is 0. The lowest BCUT2D eigenvalue weighted by Crippen LogP contribution is -1.91. The molecule has 19 heavy (non-hydrogen) atoms. The molecule has 2 nitrogen and oxygen atoms in total. The van der Waals surface area contributed by atoms with Crippen LogP contribution in [0.15, 0.2) is 47.4 Å². The third kappa shape index (κ3) is 3.93. The minimum absolute atomic E-state index is 0.831. The molecular formula is C16H19NOS. The Bertz CT molecular complexity index is 537. The van der Waals surface area contributed by atoms with Crippen LogP contribution in [0.2, 0.25) is 0 Å². The largest absolute Gasteiger partial charge is 0.497 e. The molecule has 2 aromatic rings. The summed E-state index contributed by atoms with van der Waals surface area (Å²) >= 11 is 1.87. The molecule has 3 heteroatoms. The molecule has 0 spiro atoms. The highest BCUT2D eigenvalue weighted by atomic mass is 32.2. The van der Waals surface area contributed by atoms with Crippen LogP contribution < -0.4 is 10.5 Å². The topological polar surface area (TPSA) is 35.2 Å². The van der Waals surface area contributed by atoms with Gasteiger partial charge in [0.15, 0.2) is 0 Å². The van der Waals surface area contributed by atoms with E-state index in [0.29, 0.717) is 0 Å². The van der Waals surface area contributed by atoms with Crippen LogP contribution >= 0.6 is 11.8 Å². The average molecular weight is 273 g/mol. The number of hydrogen-bond acceptors (Lipinski definition) is 3. The van der Waals surface area contributed by atoms with E-state index in [1.165, 1.54) is 16.0 Å². The number of benzene rings is 2. The van der Waals surface area contributed by atoms with Gasteiger partial charge in [0.2, 0.25) is 0 Å². The molecular weight excluding hydrogens is 254 g/mol. The maximum absolute atomic E-state index is 5.75. The van der Waals surface area contributed by atoms with Crippen LogP contribution in [0.5, 0.6) is 5.75 Å². The maximum atomic E-state index is 5.75. The lowest BCUT2D eigenvalue weighted by Gasteiger charge is -2.07. The molecule has 0 unspecified atom stereocenters. The molecule has 2 aromatic carbocycles. The molecule has 0 aliphatic rings. The number of methoxy groups -OCH3 is 1. The SMILES string of the molecule is COc1ccc(CCSc2ccc(N)cc2C)cc1. The summed E-state index contributed by atoms with van der Waals surface area (Å²) in [6.45, 7) is 2.10. The molecule has 0 aliphatic carbocycles. The lowest BCUT2D eigenvalue weighted by atomic mass is 10.2. The van der Waals surface area contributed by atoms with Gasteiger partial charge < -0.3 is 10.5 Å². The Morgan fingerprint density at radius 3 is 2.47 bits per heavy atom. The molecule has 0 radical (unpaired) electrons. The summed E-state index contributed by atoms with van der Waals surface area (Å²) < 4.78 is 5.15. The van der Waals surface area contributed by atoms with E-state index in [1.54, 1.807) is 7.11 Å². The minimum atomic E-state index is 0.831. The molecule has 2 N–H and O–H groups in total. The molecule has 0 bridgehead atoms. The first-order valence-corrected chi connectivity index (χ1v) is 7.29. The number of ether oxygens (including phenoxy) is 1. The van der Waals surface area contributed by atoms with E-state index in [0.717, 1.165) is 23.6 Å². The number of rotatable bonds is 5. The smallest absolute Gasteiger partial charge is 0.118 e. The van der Waals surface area contributed by atoms with Crippen LogP contribution in [0.1, 0.15) is 11.1 Å². The standard InChI is InChI=1S/C16H19NOS/c1-12-11-14(17)5-8-16(12)19-10-9-13-3-6-15(18-2)7-4-13/h3-8,11H,9-10,17H2,1-2H3. The summed E-state index contributed by atoms with van der Waals surface area (Å²) in [4.78, 5) is 1.31. The number of hydrogen-bond donors (Lipinski definition) is 1. The minimum Gasteiger partial charge on any atom is -0.497 e. The van der Waals surface area contributed by atoms with Crippen molar-refractivity contribution in [3.05, 3.63) is 53.6 Å². The van der Waals surface area contributed by atoms with Gasteiger partial charge in [-0.2, -0.15) is 0 Å². The molecule has 0 saturated carbocycles. The van der Waals surface area contributed by atoms with Crippen molar-refractivity contribution in [2.24, 2.45) is 0 Å². The highest BCUT2D eigenvalue weighted by Crippen LogP contribution is 2.25.